The number of hydrogen-bond donors (Lipinski definition) is 1. The van der Waals surface area contributed by atoms with Crippen LogP contribution >= 0.6 is 12.2 Å². The van der Waals surface area contributed by atoms with Gasteiger partial charge in [-0.1, -0.05) is 6.07 Å². The average Bonchev–Trinajstić information content (AvgIpc) is 2.98. The quantitative estimate of drug-likeness (QED) is 0.532. The molecular weight excluding hydrogens is 272 g/mol. The molecule has 0 aliphatic carbocycles. The van der Waals surface area contributed by atoms with Crippen molar-refractivity contribution in [3.63, 3.8) is 0 Å². The van der Waals surface area contributed by atoms with Gasteiger partial charge < -0.3 is 9.73 Å². The lowest BCUT2D eigenvalue weighted by Gasteiger charge is -2.16. The second-order valence-corrected chi connectivity index (χ2v) is 4.55. The van der Waals surface area contributed by atoms with E-state index < -0.39 is 0 Å². The molecule has 2 aromatic heterocycles. The molecule has 0 aromatic carbocycles. The van der Waals surface area contributed by atoms with Crippen molar-refractivity contribution in [1.29, 1.82) is 0 Å². The normalized spacial score (nSPS) is 11.2. The first kappa shape index (κ1) is 14.2. The Bertz CT molecular complexity index is 580. The Hall–Kier alpha value is -2.21. The number of furan rings is 1. The number of thiocarbonyl (C=S) groups is 1. The van der Waals surface area contributed by atoms with Crippen LogP contribution < -0.4 is 5.32 Å². The third kappa shape index (κ3) is 3.89. The van der Waals surface area contributed by atoms with Crippen molar-refractivity contribution in [3.8, 4) is 0 Å². The van der Waals surface area contributed by atoms with E-state index in [-0.39, 0.29) is 0 Å². The smallest absolute Gasteiger partial charge is 0.189 e. The van der Waals surface area contributed by atoms with Crippen molar-refractivity contribution in [1.82, 2.24) is 15.3 Å². The van der Waals surface area contributed by atoms with Crippen molar-refractivity contribution < 1.29 is 4.42 Å². The predicted molar refractivity (Wildman–Crippen MR) is 82.4 cm³/mol. The van der Waals surface area contributed by atoms with E-state index in [2.05, 4.69) is 15.4 Å². The molecule has 0 radical (unpaired) electrons. The van der Waals surface area contributed by atoms with Crippen molar-refractivity contribution in [2.75, 3.05) is 7.05 Å². The zero-order valence-electron chi connectivity index (χ0n) is 11.4. The molecule has 0 fully saturated rings. The van der Waals surface area contributed by atoms with Gasteiger partial charge in [0, 0.05) is 13.2 Å². The summed E-state index contributed by atoms with van der Waals surface area (Å²) < 4.78 is 5.23. The van der Waals surface area contributed by atoms with Gasteiger partial charge in [0.25, 0.3) is 0 Å². The summed E-state index contributed by atoms with van der Waals surface area (Å²) in [7, 11) is 1.80. The first-order valence-electron chi connectivity index (χ1n) is 6.17. The molecular formula is C14H16N4OS. The predicted octanol–water partition coefficient (Wildman–Crippen LogP) is 2.41. The van der Waals surface area contributed by atoms with Gasteiger partial charge in [0.15, 0.2) is 5.11 Å². The van der Waals surface area contributed by atoms with Crippen LogP contribution in [-0.2, 0) is 6.54 Å². The highest BCUT2D eigenvalue weighted by atomic mass is 32.1. The number of rotatable bonds is 4. The molecule has 0 saturated carbocycles. The summed E-state index contributed by atoms with van der Waals surface area (Å²) in [6.45, 7) is 2.43. The molecule has 1 N–H and O–H groups in total. The van der Waals surface area contributed by atoms with Gasteiger partial charge in [-0.25, -0.2) is 5.01 Å². The van der Waals surface area contributed by atoms with Crippen LogP contribution in [0.25, 0.3) is 0 Å². The van der Waals surface area contributed by atoms with Gasteiger partial charge in [-0.05, 0) is 43.4 Å². The highest BCUT2D eigenvalue weighted by Gasteiger charge is 2.05. The minimum absolute atomic E-state index is 0.525. The van der Waals surface area contributed by atoms with Crippen LogP contribution in [-0.4, -0.2) is 27.9 Å². The Labute approximate surface area is 123 Å². The van der Waals surface area contributed by atoms with Gasteiger partial charge in [-0.15, -0.1) is 0 Å². The topological polar surface area (TPSA) is 53.7 Å². The third-order valence-electron chi connectivity index (χ3n) is 2.62. The molecule has 2 aromatic rings. The SMILES string of the molecule is CC(=NN(C)C(=S)NCc1ccco1)c1ccccn1. The number of hydrazone groups is 1. The van der Waals surface area contributed by atoms with Crippen LogP contribution in [0.5, 0.6) is 0 Å². The van der Waals surface area contributed by atoms with Gasteiger partial charge >= 0.3 is 0 Å². The number of hydrogen-bond acceptors (Lipinski definition) is 4. The van der Waals surface area contributed by atoms with Gasteiger partial charge in [-0.3, -0.25) is 4.98 Å². The molecule has 0 aliphatic heterocycles. The standard InChI is InChI=1S/C14H16N4OS/c1-11(13-7-3-4-8-15-13)17-18(2)14(20)16-10-12-6-5-9-19-12/h3-9H,10H2,1-2H3,(H,16,20). The third-order valence-corrected chi connectivity index (χ3v) is 3.03. The maximum atomic E-state index is 5.26. The Kier molecular flexibility index (Phi) is 4.84. The number of nitrogens with zero attached hydrogens (tertiary/aromatic N) is 3. The van der Waals surface area contributed by atoms with Crippen LogP contribution in [0.15, 0.2) is 52.3 Å². The molecule has 20 heavy (non-hydrogen) atoms. The summed E-state index contributed by atoms with van der Waals surface area (Å²) >= 11 is 5.26. The van der Waals surface area contributed by atoms with Crippen molar-refractivity contribution >= 4 is 23.0 Å². The van der Waals surface area contributed by atoms with Crippen molar-refractivity contribution in [2.45, 2.75) is 13.5 Å². The monoisotopic (exact) mass is 288 g/mol. The van der Waals surface area contributed by atoms with E-state index >= 15 is 0 Å². The number of nitrogens with one attached hydrogen (secondary N) is 1. The number of aromatic nitrogens is 1. The molecule has 2 heterocycles. The van der Waals surface area contributed by atoms with Gasteiger partial charge in [0.1, 0.15) is 5.76 Å². The van der Waals surface area contributed by atoms with Gasteiger partial charge in [0.2, 0.25) is 0 Å². The van der Waals surface area contributed by atoms with Gasteiger partial charge in [0.05, 0.1) is 24.2 Å². The highest BCUT2D eigenvalue weighted by molar-refractivity contribution is 7.80. The average molecular weight is 288 g/mol. The molecule has 104 valence electrons. The van der Waals surface area contributed by atoms with E-state index in [9.17, 15) is 0 Å². The lowest BCUT2D eigenvalue weighted by atomic mass is 10.3. The fraction of sp³-hybridized carbons (Fsp3) is 0.214. The van der Waals surface area contributed by atoms with E-state index in [1.54, 1.807) is 24.5 Å². The molecule has 0 saturated heterocycles. The second kappa shape index (κ2) is 6.81. The second-order valence-electron chi connectivity index (χ2n) is 4.16. The zero-order chi connectivity index (χ0) is 14.4. The van der Waals surface area contributed by atoms with E-state index in [4.69, 9.17) is 16.6 Å². The van der Waals surface area contributed by atoms with Crippen molar-refractivity contribution in [2.24, 2.45) is 5.10 Å². The van der Waals surface area contributed by atoms with Gasteiger partial charge in [-0.2, -0.15) is 5.10 Å². The zero-order valence-corrected chi connectivity index (χ0v) is 12.2. The van der Waals surface area contributed by atoms with Crippen LogP contribution in [0.3, 0.4) is 0 Å². The molecule has 6 heteroatoms. The molecule has 0 atom stereocenters. The first-order chi connectivity index (χ1) is 9.66. The highest BCUT2D eigenvalue weighted by Crippen LogP contribution is 2.01. The van der Waals surface area contributed by atoms with Crippen molar-refractivity contribution in [3.05, 3.63) is 54.2 Å². The largest absolute Gasteiger partial charge is 0.467 e. The Balaban J connectivity index is 1.93. The minimum Gasteiger partial charge on any atom is -0.467 e. The summed E-state index contributed by atoms with van der Waals surface area (Å²) in [4.78, 5) is 4.24. The molecule has 0 aliphatic rings. The molecule has 5 nitrogen and oxygen atoms in total. The molecule has 0 spiro atoms. The summed E-state index contributed by atoms with van der Waals surface area (Å²) in [5.41, 5.74) is 1.63. The minimum atomic E-state index is 0.525. The number of pyridine rings is 1. The summed E-state index contributed by atoms with van der Waals surface area (Å²) in [6, 6.07) is 9.43. The van der Waals surface area contributed by atoms with Crippen LogP contribution in [0.1, 0.15) is 18.4 Å². The van der Waals surface area contributed by atoms with E-state index in [1.807, 2.05) is 37.3 Å². The van der Waals surface area contributed by atoms with Crippen LogP contribution in [0, 0.1) is 0 Å². The summed E-state index contributed by atoms with van der Waals surface area (Å²) in [6.07, 6.45) is 3.37. The molecule has 0 bridgehead atoms. The summed E-state index contributed by atoms with van der Waals surface area (Å²) in [5.74, 6) is 0.825. The first-order valence-corrected chi connectivity index (χ1v) is 6.58. The fourth-order valence-corrected chi connectivity index (χ4v) is 1.70. The Morgan fingerprint density at radius 1 is 1.40 bits per heavy atom. The molecule has 0 amide bonds. The maximum absolute atomic E-state index is 5.26. The van der Waals surface area contributed by atoms with E-state index in [1.165, 1.54) is 0 Å². The lowest BCUT2D eigenvalue weighted by molar-refractivity contribution is 0.485. The molecule has 2 rings (SSSR count). The molecule has 0 unspecified atom stereocenters. The van der Waals surface area contributed by atoms with Crippen LogP contribution in [0.2, 0.25) is 0 Å². The maximum Gasteiger partial charge on any atom is 0.189 e. The fourth-order valence-electron chi connectivity index (χ4n) is 1.59. The Morgan fingerprint density at radius 2 is 2.25 bits per heavy atom. The lowest BCUT2D eigenvalue weighted by Crippen LogP contribution is -2.33. The van der Waals surface area contributed by atoms with E-state index in [0.717, 1.165) is 17.2 Å². The van der Waals surface area contributed by atoms with E-state index in [0.29, 0.717) is 11.7 Å². The Morgan fingerprint density at radius 3 is 2.90 bits per heavy atom. The summed E-state index contributed by atoms with van der Waals surface area (Å²) in [5, 5.41) is 9.62. The van der Waals surface area contributed by atoms with Crippen LogP contribution in [0.4, 0.5) is 0 Å².